The average molecular weight is 313 g/mol. The van der Waals surface area contributed by atoms with Gasteiger partial charge in [-0.2, -0.15) is 0 Å². The molecule has 4 heteroatoms. The fourth-order valence-electron chi connectivity index (χ4n) is 2.13. The van der Waals surface area contributed by atoms with Crippen molar-refractivity contribution in [3.63, 3.8) is 0 Å². The van der Waals surface area contributed by atoms with Gasteiger partial charge in [-0.3, -0.25) is 4.79 Å². The number of anilines is 1. The summed E-state index contributed by atoms with van der Waals surface area (Å²) in [5, 5.41) is 2.88. The molecule has 0 unspecified atom stereocenters. The van der Waals surface area contributed by atoms with Gasteiger partial charge in [-0.15, -0.1) is 0 Å². The number of carbonyl (C=O) groups excluding carboxylic acids is 1. The first kappa shape index (κ1) is 16.9. The molecular weight excluding hydrogens is 290 g/mol. The summed E-state index contributed by atoms with van der Waals surface area (Å²) in [7, 11) is 0. The lowest BCUT2D eigenvalue weighted by Crippen LogP contribution is -2.32. The van der Waals surface area contributed by atoms with Crippen molar-refractivity contribution in [3.8, 4) is 11.5 Å². The summed E-state index contributed by atoms with van der Waals surface area (Å²) in [4.78, 5) is 12.4. The average Bonchev–Trinajstić information content (AvgIpc) is 2.53. The summed E-state index contributed by atoms with van der Waals surface area (Å²) in [6, 6.07) is 16.7. The van der Waals surface area contributed by atoms with Crippen molar-refractivity contribution in [1.29, 1.82) is 0 Å². The number of amides is 1. The highest BCUT2D eigenvalue weighted by molar-refractivity contribution is 5.94. The molecule has 0 aliphatic heterocycles. The molecule has 23 heavy (non-hydrogen) atoms. The molecule has 0 spiro atoms. The lowest BCUT2D eigenvalue weighted by molar-refractivity contribution is -0.122. The van der Waals surface area contributed by atoms with Crippen LogP contribution in [0.15, 0.2) is 54.6 Å². The van der Waals surface area contributed by atoms with Crippen molar-refractivity contribution < 1.29 is 14.3 Å². The molecule has 4 nitrogen and oxygen atoms in total. The standard InChI is InChI=1S/C19H23NO3/c1-4-18(23-16-10-6-5-7-11-16)19(21)20-15-9-8-12-17(13-15)22-14(2)3/h5-14,18H,4H2,1-3H3,(H,20,21)/t18-/m0/s1. The largest absolute Gasteiger partial charge is 0.491 e. The van der Waals surface area contributed by atoms with E-state index in [4.69, 9.17) is 9.47 Å². The molecule has 0 heterocycles. The number of nitrogens with one attached hydrogen (secondary N) is 1. The Hall–Kier alpha value is -2.49. The van der Waals surface area contributed by atoms with Crippen LogP contribution in [-0.4, -0.2) is 18.1 Å². The van der Waals surface area contributed by atoms with Crippen LogP contribution < -0.4 is 14.8 Å². The van der Waals surface area contributed by atoms with Gasteiger partial charge >= 0.3 is 0 Å². The minimum Gasteiger partial charge on any atom is -0.491 e. The summed E-state index contributed by atoms with van der Waals surface area (Å²) in [5.41, 5.74) is 0.697. The summed E-state index contributed by atoms with van der Waals surface area (Å²) in [5.74, 6) is 1.25. The number of ether oxygens (including phenoxy) is 2. The maximum atomic E-state index is 12.4. The van der Waals surface area contributed by atoms with Crippen LogP contribution in [0.25, 0.3) is 0 Å². The second kappa shape index (κ2) is 8.22. The summed E-state index contributed by atoms with van der Waals surface area (Å²) < 4.78 is 11.4. The van der Waals surface area contributed by atoms with E-state index in [0.29, 0.717) is 17.9 Å². The van der Waals surface area contributed by atoms with E-state index < -0.39 is 6.10 Å². The number of benzene rings is 2. The first-order valence-electron chi connectivity index (χ1n) is 7.87. The predicted molar refractivity (Wildman–Crippen MR) is 92.0 cm³/mol. The molecule has 2 aromatic rings. The number of hydrogen-bond donors (Lipinski definition) is 1. The van der Waals surface area contributed by atoms with Gasteiger partial charge in [-0.25, -0.2) is 0 Å². The Bertz CT molecular complexity index is 626. The number of rotatable bonds is 7. The Morgan fingerprint density at radius 2 is 1.70 bits per heavy atom. The van der Waals surface area contributed by atoms with Gasteiger partial charge in [0.05, 0.1) is 6.10 Å². The monoisotopic (exact) mass is 313 g/mol. The van der Waals surface area contributed by atoms with Crippen LogP contribution in [0.5, 0.6) is 11.5 Å². The minimum atomic E-state index is -0.535. The molecule has 2 rings (SSSR count). The van der Waals surface area contributed by atoms with Crippen LogP contribution in [0.2, 0.25) is 0 Å². The Kier molecular flexibility index (Phi) is 6.03. The van der Waals surface area contributed by atoms with Crippen LogP contribution in [-0.2, 0) is 4.79 Å². The predicted octanol–water partition coefficient (Wildman–Crippen LogP) is 4.27. The van der Waals surface area contributed by atoms with Gasteiger partial charge in [-0.1, -0.05) is 31.2 Å². The Morgan fingerprint density at radius 3 is 2.35 bits per heavy atom. The lowest BCUT2D eigenvalue weighted by atomic mass is 10.2. The maximum absolute atomic E-state index is 12.4. The number of hydrogen-bond acceptors (Lipinski definition) is 3. The molecule has 0 fully saturated rings. The molecule has 0 saturated heterocycles. The SMILES string of the molecule is CC[C@H](Oc1ccccc1)C(=O)Nc1cccc(OC(C)C)c1. The Balaban J connectivity index is 2.01. The van der Waals surface area contributed by atoms with Crippen LogP contribution >= 0.6 is 0 Å². The molecule has 0 aliphatic carbocycles. The van der Waals surface area contributed by atoms with Crippen LogP contribution in [0.3, 0.4) is 0 Å². The number of para-hydroxylation sites is 1. The second-order valence-electron chi connectivity index (χ2n) is 5.51. The van der Waals surface area contributed by atoms with E-state index in [1.165, 1.54) is 0 Å². The highest BCUT2D eigenvalue weighted by Gasteiger charge is 2.18. The summed E-state index contributed by atoms with van der Waals surface area (Å²) in [6.45, 7) is 5.85. The molecule has 122 valence electrons. The Morgan fingerprint density at radius 1 is 1.00 bits per heavy atom. The van der Waals surface area contributed by atoms with Crippen molar-refractivity contribution >= 4 is 11.6 Å². The topological polar surface area (TPSA) is 47.6 Å². The molecule has 2 aromatic carbocycles. The fourth-order valence-corrected chi connectivity index (χ4v) is 2.13. The van der Waals surface area contributed by atoms with Gasteiger partial charge < -0.3 is 14.8 Å². The van der Waals surface area contributed by atoms with E-state index in [1.54, 1.807) is 0 Å². The quantitative estimate of drug-likeness (QED) is 0.830. The van der Waals surface area contributed by atoms with Crippen molar-refractivity contribution in [2.45, 2.75) is 39.4 Å². The molecule has 0 aliphatic rings. The van der Waals surface area contributed by atoms with E-state index in [9.17, 15) is 4.79 Å². The van der Waals surface area contributed by atoms with E-state index in [0.717, 1.165) is 5.75 Å². The third-order valence-electron chi connectivity index (χ3n) is 3.16. The van der Waals surface area contributed by atoms with Crippen molar-refractivity contribution in [3.05, 3.63) is 54.6 Å². The van der Waals surface area contributed by atoms with Gasteiger partial charge in [0.15, 0.2) is 6.10 Å². The molecule has 0 radical (unpaired) electrons. The van der Waals surface area contributed by atoms with Crippen molar-refractivity contribution in [2.75, 3.05) is 5.32 Å². The molecule has 0 bridgehead atoms. The van der Waals surface area contributed by atoms with Gasteiger partial charge in [-0.05, 0) is 44.5 Å². The van der Waals surface area contributed by atoms with E-state index in [1.807, 2.05) is 75.4 Å². The van der Waals surface area contributed by atoms with Crippen molar-refractivity contribution in [1.82, 2.24) is 0 Å². The first-order valence-corrected chi connectivity index (χ1v) is 7.87. The molecule has 1 amide bonds. The summed E-state index contributed by atoms with van der Waals surface area (Å²) >= 11 is 0. The molecule has 0 saturated carbocycles. The van der Waals surface area contributed by atoms with Gasteiger partial charge in [0, 0.05) is 11.8 Å². The molecular formula is C19H23NO3. The minimum absolute atomic E-state index is 0.0887. The highest BCUT2D eigenvalue weighted by atomic mass is 16.5. The molecule has 1 N–H and O–H groups in total. The van der Waals surface area contributed by atoms with Crippen LogP contribution in [0.1, 0.15) is 27.2 Å². The zero-order valence-corrected chi connectivity index (χ0v) is 13.8. The van der Waals surface area contributed by atoms with E-state index in [-0.39, 0.29) is 12.0 Å². The molecule has 0 aromatic heterocycles. The fraction of sp³-hybridized carbons (Fsp3) is 0.316. The normalized spacial score (nSPS) is 11.8. The van der Waals surface area contributed by atoms with Gasteiger partial charge in [0.2, 0.25) is 0 Å². The van der Waals surface area contributed by atoms with Gasteiger partial charge in [0.25, 0.3) is 5.91 Å². The summed E-state index contributed by atoms with van der Waals surface area (Å²) in [6.07, 6.45) is 0.140. The van der Waals surface area contributed by atoms with Gasteiger partial charge in [0.1, 0.15) is 11.5 Å². The van der Waals surface area contributed by atoms with E-state index in [2.05, 4.69) is 5.32 Å². The molecule has 1 atom stereocenters. The lowest BCUT2D eigenvalue weighted by Gasteiger charge is -2.18. The smallest absolute Gasteiger partial charge is 0.265 e. The second-order valence-corrected chi connectivity index (χ2v) is 5.51. The zero-order valence-electron chi connectivity index (χ0n) is 13.8. The van der Waals surface area contributed by atoms with Crippen LogP contribution in [0.4, 0.5) is 5.69 Å². The maximum Gasteiger partial charge on any atom is 0.265 e. The highest BCUT2D eigenvalue weighted by Crippen LogP contribution is 2.20. The van der Waals surface area contributed by atoms with Crippen LogP contribution in [0, 0.1) is 0 Å². The number of carbonyl (C=O) groups is 1. The Labute approximate surface area is 137 Å². The van der Waals surface area contributed by atoms with E-state index >= 15 is 0 Å². The zero-order chi connectivity index (χ0) is 16.7. The first-order chi connectivity index (χ1) is 11.1. The third kappa shape index (κ3) is 5.33. The van der Waals surface area contributed by atoms with Crippen molar-refractivity contribution in [2.24, 2.45) is 0 Å². The third-order valence-corrected chi connectivity index (χ3v) is 3.16.